The highest BCUT2D eigenvalue weighted by Gasteiger charge is 2.17. The standard InChI is InChI=1S/C23H23N7O3/c1-14-4-6-17(7-5-14)18-10-19(30-22(16(3)31)27-28-29-30)12-20(11-18)33-23(32)26-15(2)21-13-24-8-9-25-21/h4-13,15-16,31H,1-3H3,(H,26,32). The first kappa shape index (κ1) is 22.0. The van der Waals surface area contributed by atoms with Crippen LogP contribution in [-0.2, 0) is 0 Å². The molecule has 4 rings (SSSR count). The molecule has 2 aromatic carbocycles. The van der Waals surface area contributed by atoms with Gasteiger partial charge in [0.05, 0.1) is 23.6 Å². The Morgan fingerprint density at radius 1 is 1.09 bits per heavy atom. The number of tetrazole rings is 1. The molecule has 0 saturated carbocycles. The molecule has 2 atom stereocenters. The van der Waals surface area contributed by atoms with Crippen molar-refractivity contribution < 1.29 is 14.6 Å². The van der Waals surface area contributed by atoms with Crippen LogP contribution in [0.3, 0.4) is 0 Å². The van der Waals surface area contributed by atoms with E-state index in [1.807, 2.05) is 37.3 Å². The number of hydrogen-bond donors (Lipinski definition) is 2. The Morgan fingerprint density at radius 2 is 1.88 bits per heavy atom. The molecule has 0 fully saturated rings. The van der Waals surface area contributed by atoms with E-state index in [1.165, 1.54) is 4.68 Å². The van der Waals surface area contributed by atoms with E-state index in [-0.39, 0.29) is 5.82 Å². The predicted octanol–water partition coefficient (Wildman–Crippen LogP) is 3.33. The van der Waals surface area contributed by atoms with Crippen LogP contribution in [0.2, 0.25) is 0 Å². The lowest BCUT2D eigenvalue weighted by molar-refractivity contribution is 0.185. The fourth-order valence-corrected chi connectivity index (χ4v) is 3.24. The quantitative estimate of drug-likeness (QED) is 0.463. The first-order valence-corrected chi connectivity index (χ1v) is 10.3. The Hall–Kier alpha value is -4.18. The third-order valence-electron chi connectivity index (χ3n) is 4.96. The molecule has 0 bridgehead atoms. The van der Waals surface area contributed by atoms with Gasteiger partial charge in [0, 0.05) is 18.5 Å². The van der Waals surface area contributed by atoms with Crippen molar-refractivity contribution in [1.82, 2.24) is 35.5 Å². The minimum atomic E-state index is -0.886. The number of aryl methyl sites for hydroxylation is 1. The molecule has 2 heterocycles. The summed E-state index contributed by atoms with van der Waals surface area (Å²) in [5.74, 6) is 0.557. The number of aliphatic hydroxyl groups is 1. The molecule has 4 aromatic rings. The Bertz CT molecular complexity index is 1240. The molecule has 2 unspecified atom stereocenters. The van der Waals surface area contributed by atoms with E-state index in [0.29, 0.717) is 17.1 Å². The van der Waals surface area contributed by atoms with Crippen LogP contribution in [0.5, 0.6) is 5.75 Å². The summed E-state index contributed by atoms with van der Waals surface area (Å²) in [6.07, 6.45) is 3.17. The number of benzene rings is 2. The molecule has 10 heteroatoms. The lowest BCUT2D eigenvalue weighted by Crippen LogP contribution is -2.30. The molecule has 0 spiro atoms. The zero-order valence-electron chi connectivity index (χ0n) is 18.4. The average molecular weight is 445 g/mol. The van der Waals surface area contributed by atoms with E-state index in [9.17, 15) is 9.90 Å². The van der Waals surface area contributed by atoms with E-state index in [2.05, 4.69) is 30.8 Å². The van der Waals surface area contributed by atoms with Crippen LogP contribution in [0.4, 0.5) is 4.79 Å². The van der Waals surface area contributed by atoms with Crippen molar-refractivity contribution in [2.75, 3.05) is 0 Å². The van der Waals surface area contributed by atoms with Crippen LogP contribution in [0.1, 0.15) is 43.1 Å². The van der Waals surface area contributed by atoms with E-state index >= 15 is 0 Å². The highest BCUT2D eigenvalue weighted by atomic mass is 16.6. The zero-order valence-corrected chi connectivity index (χ0v) is 18.4. The summed E-state index contributed by atoms with van der Waals surface area (Å²) in [5.41, 5.74) is 4.00. The molecular weight excluding hydrogens is 422 g/mol. The molecule has 1 amide bonds. The second-order valence-electron chi connectivity index (χ2n) is 7.59. The zero-order chi connectivity index (χ0) is 23.4. The maximum atomic E-state index is 12.6. The van der Waals surface area contributed by atoms with Crippen molar-refractivity contribution in [3.05, 3.63) is 78.1 Å². The van der Waals surface area contributed by atoms with Gasteiger partial charge in [0.25, 0.3) is 0 Å². The van der Waals surface area contributed by atoms with E-state index in [4.69, 9.17) is 4.74 Å². The molecule has 0 aliphatic carbocycles. The van der Waals surface area contributed by atoms with Crippen LogP contribution < -0.4 is 10.1 Å². The first-order valence-electron chi connectivity index (χ1n) is 10.3. The second kappa shape index (κ2) is 9.53. The Balaban J connectivity index is 1.66. The Labute approximate surface area is 190 Å². The van der Waals surface area contributed by atoms with Crippen molar-refractivity contribution in [1.29, 1.82) is 0 Å². The largest absolute Gasteiger partial charge is 0.413 e. The smallest absolute Gasteiger partial charge is 0.410 e. The number of nitrogens with zero attached hydrogens (tertiary/aromatic N) is 6. The van der Waals surface area contributed by atoms with Gasteiger partial charge in [0.2, 0.25) is 0 Å². The molecule has 10 nitrogen and oxygen atoms in total. The molecule has 0 saturated heterocycles. The van der Waals surface area contributed by atoms with Crippen molar-refractivity contribution in [3.63, 3.8) is 0 Å². The van der Waals surface area contributed by atoms with E-state index in [1.54, 1.807) is 44.6 Å². The molecular formula is C23H23N7O3. The highest BCUT2D eigenvalue weighted by Crippen LogP contribution is 2.29. The monoisotopic (exact) mass is 445 g/mol. The second-order valence-corrected chi connectivity index (χ2v) is 7.59. The third-order valence-corrected chi connectivity index (χ3v) is 4.96. The van der Waals surface area contributed by atoms with Crippen LogP contribution in [0, 0.1) is 6.92 Å². The summed E-state index contributed by atoms with van der Waals surface area (Å²) >= 11 is 0. The van der Waals surface area contributed by atoms with Crippen LogP contribution >= 0.6 is 0 Å². The van der Waals surface area contributed by atoms with Crippen molar-refractivity contribution in [2.24, 2.45) is 0 Å². The average Bonchev–Trinajstić information content (AvgIpc) is 3.30. The summed E-state index contributed by atoms with van der Waals surface area (Å²) in [4.78, 5) is 20.8. The van der Waals surface area contributed by atoms with Gasteiger partial charge in [-0.2, -0.15) is 4.68 Å². The van der Waals surface area contributed by atoms with Crippen molar-refractivity contribution in [2.45, 2.75) is 32.9 Å². The number of hydrogen-bond acceptors (Lipinski definition) is 8. The number of aliphatic hydroxyl groups excluding tert-OH is 1. The molecule has 168 valence electrons. The van der Waals surface area contributed by atoms with Crippen LogP contribution in [-0.4, -0.2) is 41.4 Å². The number of carbonyl (C=O) groups is 1. The fraction of sp³-hybridized carbons (Fsp3) is 0.217. The van der Waals surface area contributed by atoms with Gasteiger partial charge in [-0.15, -0.1) is 5.10 Å². The number of aromatic nitrogens is 6. The van der Waals surface area contributed by atoms with Crippen molar-refractivity contribution >= 4 is 6.09 Å². The van der Waals surface area contributed by atoms with Gasteiger partial charge in [0.1, 0.15) is 11.9 Å². The van der Waals surface area contributed by atoms with Crippen molar-refractivity contribution in [3.8, 4) is 22.6 Å². The SMILES string of the molecule is Cc1ccc(-c2cc(OC(=O)NC(C)c3cnccn3)cc(-n3nnnc3C(C)O)c2)cc1. The molecule has 33 heavy (non-hydrogen) atoms. The van der Waals surface area contributed by atoms with Crippen LogP contribution in [0.15, 0.2) is 61.1 Å². The van der Waals surface area contributed by atoms with Gasteiger partial charge < -0.3 is 15.2 Å². The number of amides is 1. The molecule has 0 aliphatic rings. The van der Waals surface area contributed by atoms with Gasteiger partial charge in [-0.05, 0) is 54.5 Å². The first-order chi connectivity index (χ1) is 15.9. The molecule has 2 N–H and O–H groups in total. The van der Waals surface area contributed by atoms with Gasteiger partial charge in [-0.25, -0.2) is 4.79 Å². The molecule has 2 aromatic heterocycles. The molecule has 0 aliphatic heterocycles. The lowest BCUT2D eigenvalue weighted by Gasteiger charge is -2.15. The minimum Gasteiger partial charge on any atom is -0.410 e. The summed E-state index contributed by atoms with van der Waals surface area (Å²) in [6.45, 7) is 5.37. The Kier molecular flexibility index (Phi) is 6.36. The fourth-order valence-electron chi connectivity index (χ4n) is 3.24. The molecule has 0 radical (unpaired) electrons. The number of rotatable bonds is 6. The van der Waals surface area contributed by atoms with E-state index in [0.717, 1.165) is 16.7 Å². The summed E-state index contributed by atoms with van der Waals surface area (Å²) in [7, 11) is 0. The maximum absolute atomic E-state index is 12.6. The normalized spacial score (nSPS) is 12.7. The number of ether oxygens (including phenoxy) is 1. The van der Waals surface area contributed by atoms with Gasteiger partial charge >= 0.3 is 6.09 Å². The summed E-state index contributed by atoms with van der Waals surface area (Å²) in [5, 5.41) is 24.3. The number of nitrogens with one attached hydrogen (secondary N) is 1. The predicted molar refractivity (Wildman–Crippen MR) is 120 cm³/mol. The summed E-state index contributed by atoms with van der Waals surface area (Å²) in [6, 6.07) is 12.8. The number of carbonyl (C=O) groups excluding carboxylic acids is 1. The minimum absolute atomic E-state index is 0.266. The third kappa shape index (κ3) is 5.18. The lowest BCUT2D eigenvalue weighted by atomic mass is 10.0. The Morgan fingerprint density at radius 3 is 2.58 bits per heavy atom. The summed E-state index contributed by atoms with van der Waals surface area (Å²) < 4.78 is 7.00. The highest BCUT2D eigenvalue weighted by molar-refractivity contribution is 5.74. The topological polar surface area (TPSA) is 128 Å². The van der Waals surface area contributed by atoms with Crippen LogP contribution in [0.25, 0.3) is 16.8 Å². The van der Waals surface area contributed by atoms with Gasteiger partial charge in [-0.3, -0.25) is 9.97 Å². The van der Waals surface area contributed by atoms with Gasteiger partial charge in [-0.1, -0.05) is 29.8 Å². The van der Waals surface area contributed by atoms with Gasteiger partial charge in [0.15, 0.2) is 5.82 Å². The maximum Gasteiger partial charge on any atom is 0.413 e. The van der Waals surface area contributed by atoms with E-state index < -0.39 is 18.2 Å².